The molecule has 0 heterocycles. The summed E-state index contributed by atoms with van der Waals surface area (Å²) in [5.41, 5.74) is 0. The Balaban J connectivity index is 1.94. The molecule has 1 aliphatic rings. The fraction of sp³-hybridized carbons (Fsp3) is 0.786. The molecule has 0 saturated heterocycles. The fourth-order valence-electron chi connectivity index (χ4n) is 2.31. The molecule has 0 aromatic heterocycles. The van der Waals surface area contributed by atoms with Crippen LogP contribution in [0.5, 0.6) is 0 Å². The van der Waals surface area contributed by atoms with Gasteiger partial charge in [0.2, 0.25) is 0 Å². The van der Waals surface area contributed by atoms with Crippen molar-refractivity contribution >= 4 is 5.97 Å². The monoisotopic (exact) mass is 239 g/mol. The standard InChI is InChI=1S/C14H25NO2/c1-2-17-14(16)9-6-11-15-12-10-13-7-4-3-5-8-13/h6,9,13,15H,2-5,7-8,10-12H2,1H3/b9-6+. The number of hydrogen-bond acceptors (Lipinski definition) is 3. The van der Waals surface area contributed by atoms with Crippen molar-refractivity contribution in [2.24, 2.45) is 5.92 Å². The average Bonchev–Trinajstić information content (AvgIpc) is 2.35. The smallest absolute Gasteiger partial charge is 0.330 e. The predicted octanol–water partition coefficient (Wildman–Crippen LogP) is 2.67. The quantitative estimate of drug-likeness (QED) is 0.422. The highest BCUT2D eigenvalue weighted by Gasteiger charge is 2.11. The van der Waals surface area contributed by atoms with Crippen molar-refractivity contribution in [2.45, 2.75) is 45.4 Å². The number of rotatable bonds is 7. The Kier molecular flexibility index (Phi) is 7.72. The third-order valence-electron chi connectivity index (χ3n) is 3.26. The Morgan fingerprint density at radius 1 is 1.35 bits per heavy atom. The maximum Gasteiger partial charge on any atom is 0.330 e. The van der Waals surface area contributed by atoms with E-state index in [0.717, 1.165) is 19.0 Å². The minimum atomic E-state index is -0.249. The zero-order valence-corrected chi connectivity index (χ0v) is 10.9. The SMILES string of the molecule is CCOC(=O)/C=C/CNCCC1CCCCC1. The van der Waals surface area contributed by atoms with Crippen LogP contribution >= 0.6 is 0 Å². The van der Waals surface area contributed by atoms with Gasteiger partial charge < -0.3 is 10.1 Å². The summed E-state index contributed by atoms with van der Waals surface area (Å²) in [6.07, 6.45) is 11.6. The molecule has 0 aromatic carbocycles. The third kappa shape index (κ3) is 7.16. The van der Waals surface area contributed by atoms with Gasteiger partial charge in [-0.2, -0.15) is 0 Å². The second-order valence-electron chi connectivity index (χ2n) is 4.65. The second kappa shape index (κ2) is 9.23. The average molecular weight is 239 g/mol. The van der Waals surface area contributed by atoms with E-state index in [0.29, 0.717) is 6.61 Å². The lowest BCUT2D eigenvalue weighted by atomic mass is 9.87. The van der Waals surface area contributed by atoms with E-state index < -0.39 is 0 Å². The van der Waals surface area contributed by atoms with Crippen LogP contribution in [0.25, 0.3) is 0 Å². The molecule has 3 nitrogen and oxygen atoms in total. The second-order valence-corrected chi connectivity index (χ2v) is 4.65. The molecule has 0 spiro atoms. The molecule has 0 amide bonds. The zero-order chi connectivity index (χ0) is 12.3. The van der Waals surface area contributed by atoms with E-state index >= 15 is 0 Å². The van der Waals surface area contributed by atoms with Crippen LogP contribution in [0.2, 0.25) is 0 Å². The van der Waals surface area contributed by atoms with E-state index in [4.69, 9.17) is 4.74 Å². The first-order valence-electron chi connectivity index (χ1n) is 6.87. The Morgan fingerprint density at radius 3 is 2.82 bits per heavy atom. The molecule has 1 rings (SSSR count). The molecule has 1 saturated carbocycles. The van der Waals surface area contributed by atoms with E-state index in [2.05, 4.69) is 5.32 Å². The fourth-order valence-corrected chi connectivity index (χ4v) is 2.31. The molecule has 98 valence electrons. The number of carbonyl (C=O) groups is 1. The molecular weight excluding hydrogens is 214 g/mol. The van der Waals surface area contributed by atoms with Gasteiger partial charge in [0.1, 0.15) is 0 Å². The highest BCUT2D eigenvalue weighted by molar-refractivity contribution is 5.81. The van der Waals surface area contributed by atoms with E-state index in [9.17, 15) is 4.79 Å². The number of nitrogens with one attached hydrogen (secondary N) is 1. The molecule has 1 aliphatic carbocycles. The lowest BCUT2D eigenvalue weighted by Crippen LogP contribution is -2.19. The normalized spacial score (nSPS) is 17.5. The Labute approximate surface area is 105 Å². The van der Waals surface area contributed by atoms with E-state index in [1.54, 1.807) is 0 Å². The van der Waals surface area contributed by atoms with Crippen LogP contribution in [0, 0.1) is 5.92 Å². The van der Waals surface area contributed by atoms with Crippen molar-refractivity contribution in [3.05, 3.63) is 12.2 Å². The molecule has 0 radical (unpaired) electrons. The van der Waals surface area contributed by atoms with Gasteiger partial charge in [0.05, 0.1) is 6.61 Å². The zero-order valence-electron chi connectivity index (χ0n) is 10.9. The summed E-state index contributed by atoms with van der Waals surface area (Å²) < 4.78 is 4.79. The summed E-state index contributed by atoms with van der Waals surface area (Å²) in [5, 5.41) is 3.34. The third-order valence-corrected chi connectivity index (χ3v) is 3.26. The Morgan fingerprint density at radius 2 is 2.12 bits per heavy atom. The molecule has 0 atom stereocenters. The summed E-state index contributed by atoms with van der Waals surface area (Å²) in [6, 6.07) is 0. The molecule has 0 aromatic rings. The Bertz CT molecular complexity index is 232. The van der Waals surface area contributed by atoms with Crippen LogP contribution in [-0.4, -0.2) is 25.7 Å². The van der Waals surface area contributed by atoms with Gasteiger partial charge in [0.25, 0.3) is 0 Å². The van der Waals surface area contributed by atoms with Crippen LogP contribution in [0.15, 0.2) is 12.2 Å². The highest BCUT2D eigenvalue weighted by Crippen LogP contribution is 2.25. The van der Waals surface area contributed by atoms with Gasteiger partial charge in [-0.05, 0) is 25.8 Å². The number of carbonyl (C=O) groups excluding carboxylic acids is 1. The van der Waals surface area contributed by atoms with Gasteiger partial charge >= 0.3 is 5.97 Å². The molecule has 1 fully saturated rings. The molecule has 1 N–H and O–H groups in total. The first-order chi connectivity index (χ1) is 8.33. The summed E-state index contributed by atoms with van der Waals surface area (Å²) >= 11 is 0. The van der Waals surface area contributed by atoms with Crippen LogP contribution in [0.1, 0.15) is 45.4 Å². The molecular formula is C14H25NO2. The van der Waals surface area contributed by atoms with Gasteiger partial charge in [-0.15, -0.1) is 0 Å². The summed E-state index contributed by atoms with van der Waals surface area (Å²) in [5.74, 6) is 0.673. The van der Waals surface area contributed by atoms with Gasteiger partial charge in [-0.25, -0.2) is 4.79 Å². The first-order valence-corrected chi connectivity index (χ1v) is 6.87. The Hall–Kier alpha value is -0.830. The lowest BCUT2D eigenvalue weighted by Gasteiger charge is -2.21. The number of ether oxygens (including phenoxy) is 1. The van der Waals surface area contributed by atoms with Crippen molar-refractivity contribution in [1.29, 1.82) is 0 Å². The van der Waals surface area contributed by atoms with Crippen LogP contribution < -0.4 is 5.32 Å². The summed E-state index contributed by atoms with van der Waals surface area (Å²) in [6.45, 7) is 4.07. The summed E-state index contributed by atoms with van der Waals surface area (Å²) in [4.78, 5) is 11.0. The predicted molar refractivity (Wildman–Crippen MR) is 69.8 cm³/mol. The molecule has 0 aliphatic heterocycles. The largest absolute Gasteiger partial charge is 0.463 e. The van der Waals surface area contributed by atoms with E-state index in [-0.39, 0.29) is 5.97 Å². The van der Waals surface area contributed by atoms with Crippen molar-refractivity contribution < 1.29 is 9.53 Å². The molecule has 0 bridgehead atoms. The van der Waals surface area contributed by atoms with Crippen molar-refractivity contribution in [3.63, 3.8) is 0 Å². The van der Waals surface area contributed by atoms with Gasteiger partial charge in [0, 0.05) is 12.6 Å². The molecule has 0 unspecified atom stereocenters. The lowest BCUT2D eigenvalue weighted by molar-refractivity contribution is -0.137. The van der Waals surface area contributed by atoms with Gasteiger partial charge in [-0.3, -0.25) is 0 Å². The topological polar surface area (TPSA) is 38.3 Å². The van der Waals surface area contributed by atoms with Crippen molar-refractivity contribution in [2.75, 3.05) is 19.7 Å². The van der Waals surface area contributed by atoms with Crippen LogP contribution in [0.4, 0.5) is 0 Å². The van der Waals surface area contributed by atoms with Crippen LogP contribution in [-0.2, 0) is 9.53 Å². The maximum absolute atomic E-state index is 11.0. The maximum atomic E-state index is 11.0. The number of hydrogen-bond donors (Lipinski definition) is 1. The van der Waals surface area contributed by atoms with E-state index in [1.807, 2.05) is 13.0 Å². The van der Waals surface area contributed by atoms with E-state index in [1.165, 1.54) is 44.6 Å². The summed E-state index contributed by atoms with van der Waals surface area (Å²) in [7, 11) is 0. The number of esters is 1. The van der Waals surface area contributed by atoms with Crippen molar-refractivity contribution in [3.8, 4) is 0 Å². The minimum absolute atomic E-state index is 0.249. The highest BCUT2D eigenvalue weighted by atomic mass is 16.5. The van der Waals surface area contributed by atoms with Gasteiger partial charge in [0.15, 0.2) is 0 Å². The minimum Gasteiger partial charge on any atom is -0.463 e. The van der Waals surface area contributed by atoms with Crippen molar-refractivity contribution in [1.82, 2.24) is 5.32 Å². The van der Waals surface area contributed by atoms with Crippen LogP contribution in [0.3, 0.4) is 0 Å². The van der Waals surface area contributed by atoms with Gasteiger partial charge in [-0.1, -0.05) is 38.2 Å². The first kappa shape index (κ1) is 14.2. The molecule has 17 heavy (non-hydrogen) atoms. The molecule has 3 heteroatoms.